The first-order chi connectivity index (χ1) is 8.16. The van der Waals surface area contributed by atoms with Crippen LogP contribution < -0.4 is 11.1 Å². The number of hydrogen-bond donors (Lipinski definition) is 2. The first-order valence-corrected chi connectivity index (χ1v) is 5.00. The Labute approximate surface area is 97.7 Å². The average Bonchev–Trinajstić information content (AvgIpc) is 2.72. The third-order valence-electron chi connectivity index (χ3n) is 2.22. The first-order valence-electron chi connectivity index (χ1n) is 5.00. The van der Waals surface area contributed by atoms with Gasteiger partial charge in [-0.05, 0) is 12.1 Å². The molecule has 0 fully saturated rings. The van der Waals surface area contributed by atoms with Gasteiger partial charge in [0.05, 0.1) is 6.54 Å². The topological polar surface area (TPSA) is 98.7 Å². The lowest BCUT2D eigenvalue weighted by atomic mass is 10.3. The second kappa shape index (κ2) is 4.60. The van der Waals surface area contributed by atoms with Crippen molar-refractivity contribution < 1.29 is 4.79 Å². The van der Waals surface area contributed by atoms with Crippen molar-refractivity contribution in [3.8, 4) is 0 Å². The van der Waals surface area contributed by atoms with Gasteiger partial charge in [0.15, 0.2) is 5.82 Å². The number of rotatable bonds is 3. The molecule has 2 rings (SSSR count). The minimum atomic E-state index is -0.291. The van der Waals surface area contributed by atoms with Gasteiger partial charge in [0, 0.05) is 7.05 Å². The van der Waals surface area contributed by atoms with Crippen LogP contribution in [0.15, 0.2) is 24.5 Å². The van der Waals surface area contributed by atoms with Crippen molar-refractivity contribution in [1.29, 1.82) is 0 Å². The van der Waals surface area contributed by atoms with E-state index >= 15 is 0 Å². The smallest absolute Gasteiger partial charge is 0.270 e. The van der Waals surface area contributed by atoms with Crippen LogP contribution in [0.2, 0.25) is 0 Å². The molecule has 1 amide bonds. The van der Waals surface area contributed by atoms with Crippen LogP contribution in [0.3, 0.4) is 0 Å². The first kappa shape index (κ1) is 11.1. The Balaban J connectivity index is 2.01. The minimum absolute atomic E-state index is 0.284. The third-order valence-corrected chi connectivity index (χ3v) is 2.22. The molecule has 0 saturated heterocycles. The van der Waals surface area contributed by atoms with Crippen LogP contribution in [0.4, 0.5) is 5.82 Å². The molecule has 2 aromatic rings. The number of nitrogens with one attached hydrogen (secondary N) is 1. The largest absolute Gasteiger partial charge is 0.384 e. The fourth-order valence-electron chi connectivity index (χ4n) is 1.29. The molecule has 0 spiro atoms. The van der Waals surface area contributed by atoms with Gasteiger partial charge in [-0.25, -0.2) is 4.98 Å². The van der Waals surface area contributed by atoms with Crippen LogP contribution >= 0.6 is 0 Å². The standard InChI is InChI=1S/C10H12N6O/c1-16-6-13-15-9(16)5-12-10(17)7-3-2-4-8(11)14-7/h2-4,6H,5H2,1H3,(H2,11,14)(H,12,17). The van der Waals surface area contributed by atoms with Crippen molar-refractivity contribution in [3.05, 3.63) is 36.0 Å². The third kappa shape index (κ3) is 2.57. The van der Waals surface area contributed by atoms with Crippen molar-refractivity contribution in [3.63, 3.8) is 0 Å². The van der Waals surface area contributed by atoms with E-state index in [2.05, 4.69) is 20.5 Å². The van der Waals surface area contributed by atoms with E-state index in [-0.39, 0.29) is 11.6 Å². The number of amides is 1. The van der Waals surface area contributed by atoms with Crippen LogP contribution in [0.25, 0.3) is 0 Å². The van der Waals surface area contributed by atoms with Crippen LogP contribution in [-0.4, -0.2) is 25.7 Å². The molecule has 88 valence electrons. The van der Waals surface area contributed by atoms with E-state index in [1.54, 1.807) is 36.1 Å². The summed E-state index contributed by atoms with van der Waals surface area (Å²) in [7, 11) is 1.81. The number of pyridine rings is 1. The molecule has 0 saturated carbocycles. The van der Waals surface area contributed by atoms with Crippen molar-refractivity contribution in [2.24, 2.45) is 7.05 Å². The number of nitrogens with zero attached hydrogens (tertiary/aromatic N) is 4. The van der Waals surface area contributed by atoms with Gasteiger partial charge in [0.2, 0.25) is 0 Å². The van der Waals surface area contributed by atoms with Crippen LogP contribution in [0.5, 0.6) is 0 Å². The average molecular weight is 232 g/mol. The molecule has 0 aliphatic rings. The van der Waals surface area contributed by atoms with Gasteiger partial charge in [0.25, 0.3) is 5.91 Å². The molecule has 0 atom stereocenters. The van der Waals surface area contributed by atoms with E-state index < -0.39 is 0 Å². The van der Waals surface area contributed by atoms with Gasteiger partial charge in [-0.3, -0.25) is 4.79 Å². The molecule has 0 bridgehead atoms. The molecule has 0 aliphatic heterocycles. The summed E-state index contributed by atoms with van der Waals surface area (Å²) >= 11 is 0. The summed E-state index contributed by atoms with van der Waals surface area (Å²) in [4.78, 5) is 15.6. The lowest BCUT2D eigenvalue weighted by Crippen LogP contribution is -2.25. The Kier molecular flexibility index (Phi) is 2.99. The highest BCUT2D eigenvalue weighted by Gasteiger charge is 2.08. The quantitative estimate of drug-likeness (QED) is 0.758. The summed E-state index contributed by atoms with van der Waals surface area (Å²) in [6.07, 6.45) is 1.57. The number of aromatic nitrogens is 4. The normalized spacial score (nSPS) is 10.2. The van der Waals surface area contributed by atoms with E-state index in [9.17, 15) is 4.79 Å². The van der Waals surface area contributed by atoms with E-state index in [4.69, 9.17) is 5.73 Å². The van der Waals surface area contributed by atoms with E-state index in [0.29, 0.717) is 18.2 Å². The van der Waals surface area contributed by atoms with Gasteiger partial charge in [-0.2, -0.15) is 0 Å². The molecule has 0 aliphatic carbocycles. The van der Waals surface area contributed by atoms with E-state index in [1.807, 2.05) is 0 Å². The molecular weight excluding hydrogens is 220 g/mol. The molecule has 3 N–H and O–H groups in total. The zero-order valence-electron chi connectivity index (χ0n) is 9.29. The second-order valence-electron chi connectivity index (χ2n) is 3.49. The fourth-order valence-corrected chi connectivity index (χ4v) is 1.29. The molecule has 0 radical (unpaired) electrons. The maximum Gasteiger partial charge on any atom is 0.270 e. The van der Waals surface area contributed by atoms with Gasteiger partial charge in [0.1, 0.15) is 17.8 Å². The van der Waals surface area contributed by atoms with E-state index in [1.165, 1.54) is 0 Å². The Hall–Kier alpha value is -2.44. The highest BCUT2D eigenvalue weighted by atomic mass is 16.1. The Bertz CT molecular complexity index is 535. The van der Waals surface area contributed by atoms with E-state index in [0.717, 1.165) is 0 Å². The molecule has 0 unspecified atom stereocenters. The van der Waals surface area contributed by atoms with Crippen molar-refractivity contribution in [2.75, 3.05) is 5.73 Å². The van der Waals surface area contributed by atoms with Crippen molar-refractivity contribution in [2.45, 2.75) is 6.54 Å². The summed E-state index contributed by atoms with van der Waals surface area (Å²) in [6, 6.07) is 4.90. The lowest BCUT2D eigenvalue weighted by Gasteiger charge is -2.04. The summed E-state index contributed by atoms with van der Waals surface area (Å²) in [6.45, 7) is 0.297. The predicted molar refractivity (Wildman–Crippen MR) is 60.8 cm³/mol. The van der Waals surface area contributed by atoms with Crippen molar-refractivity contribution >= 4 is 11.7 Å². The Morgan fingerprint density at radius 3 is 3.00 bits per heavy atom. The Morgan fingerprint density at radius 2 is 2.35 bits per heavy atom. The van der Waals surface area contributed by atoms with Gasteiger partial charge in [-0.1, -0.05) is 6.07 Å². The van der Waals surface area contributed by atoms with Gasteiger partial charge < -0.3 is 15.6 Å². The number of anilines is 1. The summed E-state index contributed by atoms with van der Waals surface area (Å²) in [5, 5.41) is 10.3. The lowest BCUT2D eigenvalue weighted by molar-refractivity contribution is 0.0944. The minimum Gasteiger partial charge on any atom is -0.384 e. The zero-order valence-corrected chi connectivity index (χ0v) is 9.29. The summed E-state index contributed by atoms with van der Waals surface area (Å²) < 4.78 is 1.73. The van der Waals surface area contributed by atoms with Crippen LogP contribution in [-0.2, 0) is 13.6 Å². The molecule has 2 heterocycles. The molecule has 0 aromatic carbocycles. The highest BCUT2D eigenvalue weighted by molar-refractivity contribution is 5.92. The maximum atomic E-state index is 11.7. The highest BCUT2D eigenvalue weighted by Crippen LogP contribution is 2.00. The molecule has 2 aromatic heterocycles. The van der Waals surface area contributed by atoms with Crippen molar-refractivity contribution in [1.82, 2.24) is 25.1 Å². The predicted octanol–water partition coefficient (Wildman–Crippen LogP) is -0.278. The SMILES string of the molecule is Cn1cnnc1CNC(=O)c1cccc(N)n1. The second-order valence-corrected chi connectivity index (χ2v) is 3.49. The fraction of sp³-hybridized carbons (Fsp3) is 0.200. The zero-order chi connectivity index (χ0) is 12.3. The number of hydrogen-bond acceptors (Lipinski definition) is 5. The molecule has 7 heteroatoms. The van der Waals surface area contributed by atoms with Gasteiger partial charge in [-0.15, -0.1) is 10.2 Å². The van der Waals surface area contributed by atoms with Crippen LogP contribution in [0.1, 0.15) is 16.3 Å². The summed E-state index contributed by atoms with van der Waals surface area (Å²) in [5.41, 5.74) is 5.78. The number of nitrogen functional groups attached to an aromatic ring is 1. The summed E-state index contributed by atoms with van der Waals surface area (Å²) in [5.74, 6) is 0.693. The molecule has 17 heavy (non-hydrogen) atoms. The number of aryl methyl sites for hydroxylation is 1. The number of carbonyl (C=O) groups is 1. The van der Waals surface area contributed by atoms with Crippen LogP contribution in [0, 0.1) is 0 Å². The monoisotopic (exact) mass is 232 g/mol. The maximum absolute atomic E-state index is 11.7. The molecular formula is C10H12N6O. The molecule has 7 nitrogen and oxygen atoms in total. The Morgan fingerprint density at radius 1 is 1.53 bits per heavy atom. The number of nitrogens with two attached hydrogens (primary N) is 1. The van der Waals surface area contributed by atoms with Gasteiger partial charge >= 0.3 is 0 Å². The number of carbonyl (C=O) groups excluding carboxylic acids is 1.